The lowest BCUT2D eigenvalue weighted by molar-refractivity contribution is 0.271. The van der Waals surface area contributed by atoms with Crippen molar-refractivity contribution in [2.75, 3.05) is 13.7 Å². The number of nitrogens with one attached hydrogen (secondary N) is 1. The molecule has 1 N–H and O–H groups in total. The van der Waals surface area contributed by atoms with Crippen molar-refractivity contribution in [2.45, 2.75) is 59.9 Å². The van der Waals surface area contributed by atoms with E-state index in [2.05, 4.69) is 49.9 Å². The van der Waals surface area contributed by atoms with E-state index in [1.807, 2.05) is 0 Å². The van der Waals surface area contributed by atoms with Gasteiger partial charge in [0.1, 0.15) is 5.69 Å². The van der Waals surface area contributed by atoms with Crippen LogP contribution in [0.3, 0.4) is 0 Å². The minimum absolute atomic E-state index is 0.200. The molecule has 0 fully saturated rings. The molecule has 1 rings (SSSR count). The Balaban J connectivity index is 2.84. The van der Waals surface area contributed by atoms with Crippen molar-refractivity contribution in [1.29, 1.82) is 0 Å². The average molecular weight is 293 g/mol. The molecule has 120 valence electrons. The van der Waals surface area contributed by atoms with Gasteiger partial charge in [0.15, 0.2) is 0 Å². The zero-order valence-corrected chi connectivity index (χ0v) is 14.4. The Labute approximate surface area is 129 Å². The number of ether oxygens (including phenoxy) is 1. The van der Waals surface area contributed by atoms with E-state index in [9.17, 15) is 0 Å². The van der Waals surface area contributed by atoms with Gasteiger partial charge in [-0.1, -0.05) is 34.6 Å². The third kappa shape index (κ3) is 6.42. The lowest BCUT2D eigenvalue weighted by Gasteiger charge is -2.27. The van der Waals surface area contributed by atoms with Crippen LogP contribution in [0.2, 0.25) is 0 Å². The van der Waals surface area contributed by atoms with Crippen molar-refractivity contribution < 1.29 is 4.74 Å². The summed E-state index contributed by atoms with van der Waals surface area (Å²) in [4.78, 5) is 8.79. The normalized spacial score (nSPS) is 14.8. The highest BCUT2D eigenvalue weighted by Crippen LogP contribution is 2.32. The van der Waals surface area contributed by atoms with E-state index in [0.717, 1.165) is 25.1 Å². The minimum Gasteiger partial charge on any atom is -0.480 e. The van der Waals surface area contributed by atoms with Crippen LogP contribution in [0.25, 0.3) is 0 Å². The van der Waals surface area contributed by atoms with E-state index < -0.39 is 0 Å². The smallest absolute Gasteiger partial charge is 0.236 e. The van der Waals surface area contributed by atoms with E-state index in [1.165, 1.54) is 6.42 Å². The van der Waals surface area contributed by atoms with E-state index >= 15 is 0 Å². The van der Waals surface area contributed by atoms with Gasteiger partial charge < -0.3 is 10.1 Å². The largest absolute Gasteiger partial charge is 0.480 e. The molecule has 0 aliphatic heterocycles. The molecule has 0 amide bonds. The zero-order valence-electron chi connectivity index (χ0n) is 14.4. The first-order valence-electron chi connectivity index (χ1n) is 7.95. The Kier molecular flexibility index (Phi) is 7.09. The molecule has 0 aromatic carbocycles. The second-order valence-corrected chi connectivity index (χ2v) is 7.06. The molecule has 2 unspecified atom stereocenters. The van der Waals surface area contributed by atoms with E-state index in [4.69, 9.17) is 4.74 Å². The molecule has 21 heavy (non-hydrogen) atoms. The Morgan fingerprint density at radius 1 is 1.24 bits per heavy atom. The second-order valence-electron chi connectivity index (χ2n) is 7.06. The molecule has 4 nitrogen and oxygen atoms in total. The summed E-state index contributed by atoms with van der Waals surface area (Å²) in [6.45, 7) is 12.3. The Hall–Kier alpha value is -1.16. The maximum absolute atomic E-state index is 5.38. The van der Waals surface area contributed by atoms with Crippen molar-refractivity contribution in [3.8, 4) is 5.88 Å². The van der Waals surface area contributed by atoms with Gasteiger partial charge in [-0.25, -0.2) is 4.98 Å². The van der Waals surface area contributed by atoms with Crippen molar-refractivity contribution in [2.24, 2.45) is 11.3 Å². The van der Waals surface area contributed by atoms with Crippen LogP contribution in [0.5, 0.6) is 5.88 Å². The summed E-state index contributed by atoms with van der Waals surface area (Å²) in [7, 11) is 1.66. The molecule has 0 spiro atoms. The lowest BCUT2D eigenvalue weighted by Crippen LogP contribution is -2.26. The number of hydrogen-bond acceptors (Lipinski definition) is 4. The van der Waals surface area contributed by atoms with Gasteiger partial charge in [-0.15, -0.1) is 0 Å². The lowest BCUT2D eigenvalue weighted by atomic mass is 9.82. The van der Waals surface area contributed by atoms with E-state index in [0.29, 0.717) is 17.2 Å². The van der Waals surface area contributed by atoms with Crippen molar-refractivity contribution in [3.63, 3.8) is 0 Å². The van der Waals surface area contributed by atoms with Crippen LogP contribution < -0.4 is 10.1 Å². The highest BCUT2D eigenvalue weighted by Gasteiger charge is 2.23. The minimum atomic E-state index is 0.200. The molecule has 2 atom stereocenters. The summed E-state index contributed by atoms with van der Waals surface area (Å²) < 4.78 is 5.38. The zero-order chi connectivity index (χ0) is 15.9. The quantitative estimate of drug-likeness (QED) is 0.787. The maximum Gasteiger partial charge on any atom is 0.236 e. The van der Waals surface area contributed by atoms with Crippen molar-refractivity contribution in [3.05, 3.63) is 18.1 Å². The fraction of sp³-hybridized carbons (Fsp3) is 0.765. The first kappa shape index (κ1) is 17.9. The fourth-order valence-corrected chi connectivity index (χ4v) is 2.87. The SMILES string of the molecule is CCCNC(CC(C)CC(C)(C)C)c1nccnc1OC. The maximum atomic E-state index is 5.38. The molecular formula is C17H31N3O. The van der Waals surface area contributed by atoms with Gasteiger partial charge in [-0.3, -0.25) is 4.98 Å². The first-order chi connectivity index (χ1) is 9.87. The molecule has 0 saturated carbocycles. The monoisotopic (exact) mass is 293 g/mol. The van der Waals surface area contributed by atoms with Gasteiger partial charge >= 0.3 is 0 Å². The van der Waals surface area contributed by atoms with Crippen molar-refractivity contribution in [1.82, 2.24) is 15.3 Å². The van der Waals surface area contributed by atoms with Crippen LogP contribution >= 0.6 is 0 Å². The van der Waals surface area contributed by atoms with Crippen LogP contribution in [0, 0.1) is 11.3 Å². The van der Waals surface area contributed by atoms with Crippen LogP contribution in [0.4, 0.5) is 0 Å². The first-order valence-corrected chi connectivity index (χ1v) is 7.95. The fourth-order valence-electron chi connectivity index (χ4n) is 2.87. The van der Waals surface area contributed by atoms with E-state index in [-0.39, 0.29) is 6.04 Å². The van der Waals surface area contributed by atoms with Crippen molar-refractivity contribution >= 4 is 0 Å². The molecule has 1 aromatic heterocycles. The summed E-state index contributed by atoms with van der Waals surface area (Å²) in [6, 6.07) is 0.200. The third-order valence-corrected chi connectivity index (χ3v) is 3.45. The number of rotatable bonds is 8. The second kappa shape index (κ2) is 8.32. The third-order valence-electron chi connectivity index (χ3n) is 3.45. The predicted octanol–water partition coefficient (Wildman–Crippen LogP) is 3.99. The number of aromatic nitrogens is 2. The number of methoxy groups -OCH3 is 1. The standard InChI is InChI=1S/C17H31N3O/c1-7-8-18-14(11-13(2)12-17(3,4)5)15-16(21-6)20-10-9-19-15/h9-10,13-14,18H,7-8,11-12H2,1-6H3. The van der Waals surface area contributed by atoms with Gasteiger partial charge in [0.25, 0.3) is 0 Å². The molecule has 0 aliphatic rings. The number of nitrogens with zero attached hydrogens (tertiary/aromatic N) is 2. The summed E-state index contributed by atoms with van der Waals surface area (Å²) in [5, 5.41) is 3.59. The van der Waals surface area contributed by atoms with Crippen LogP contribution in [-0.2, 0) is 0 Å². The Bertz CT molecular complexity index is 415. The summed E-state index contributed by atoms with van der Waals surface area (Å²) >= 11 is 0. The topological polar surface area (TPSA) is 47.0 Å². The van der Waals surface area contributed by atoms with E-state index in [1.54, 1.807) is 19.5 Å². The molecular weight excluding hydrogens is 262 g/mol. The molecule has 0 radical (unpaired) electrons. The van der Waals surface area contributed by atoms with Gasteiger partial charge in [0, 0.05) is 12.4 Å². The van der Waals surface area contributed by atoms with Crippen LogP contribution in [-0.4, -0.2) is 23.6 Å². The number of hydrogen-bond donors (Lipinski definition) is 1. The highest BCUT2D eigenvalue weighted by atomic mass is 16.5. The Morgan fingerprint density at radius 2 is 1.90 bits per heavy atom. The summed E-state index contributed by atoms with van der Waals surface area (Å²) in [5.41, 5.74) is 1.27. The van der Waals surface area contributed by atoms with Crippen LogP contribution in [0.15, 0.2) is 12.4 Å². The van der Waals surface area contributed by atoms with Gasteiger partial charge in [0.05, 0.1) is 13.2 Å². The molecule has 4 heteroatoms. The van der Waals surface area contributed by atoms with Gasteiger partial charge in [-0.05, 0) is 37.1 Å². The predicted molar refractivity (Wildman–Crippen MR) is 87.5 cm³/mol. The summed E-state index contributed by atoms with van der Waals surface area (Å²) in [6.07, 6.45) is 6.77. The van der Waals surface area contributed by atoms with Gasteiger partial charge in [-0.2, -0.15) is 0 Å². The average Bonchev–Trinajstić information content (AvgIpc) is 2.41. The van der Waals surface area contributed by atoms with Gasteiger partial charge in [0.2, 0.25) is 5.88 Å². The highest BCUT2D eigenvalue weighted by molar-refractivity contribution is 5.21. The molecule has 0 bridgehead atoms. The Morgan fingerprint density at radius 3 is 2.48 bits per heavy atom. The summed E-state index contributed by atoms with van der Waals surface area (Å²) in [5.74, 6) is 1.25. The van der Waals surface area contributed by atoms with Crippen LogP contribution in [0.1, 0.15) is 65.6 Å². The molecule has 0 aliphatic carbocycles. The molecule has 0 saturated heterocycles. The molecule has 1 heterocycles. The molecule has 1 aromatic rings.